The van der Waals surface area contributed by atoms with E-state index in [2.05, 4.69) is 24.3 Å². The minimum Gasteiger partial charge on any atom is -0.372 e. The Morgan fingerprint density at radius 2 is 1.76 bits per heavy atom. The van der Waals surface area contributed by atoms with Crippen LogP contribution < -0.4 is 5.32 Å². The summed E-state index contributed by atoms with van der Waals surface area (Å²) in [6, 6.07) is 0.0398. The third-order valence-electron chi connectivity index (χ3n) is 9.00. The summed E-state index contributed by atoms with van der Waals surface area (Å²) in [5.74, 6) is 0.316. The molecule has 0 radical (unpaired) electrons. The van der Waals surface area contributed by atoms with E-state index < -0.39 is 0 Å². The highest BCUT2D eigenvalue weighted by atomic mass is 16.5. The van der Waals surface area contributed by atoms with Crippen molar-refractivity contribution in [3.63, 3.8) is 0 Å². The van der Waals surface area contributed by atoms with Crippen molar-refractivity contribution in [2.75, 3.05) is 52.5 Å². The number of aryl methyl sites for hydroxylation is 1. The standard InChI is InChI=1S/C31H50N6O5/c1-5-42-21-28(39)35-17-12-23(13-18-35)31(41)36-15-6-8-27(38)37(19-11-22(2)3)24-9-10-26-25(20-24)29(33-34(26)4)30(40)32-14-7-16-36/h22-24H,5-21H2,1-4H3,(H,32,40). The Kier molecular flexibility index (Phi) is 11.4. The molecular weight excluding hydrogens is 536 g/mol. The number of hydrogen-bond acceptors (Lipinski definition) is 6. The molecule has 2 aliphatic heterocycles. The van der Waals surface area contributed by atoms with Crippen LogP contribution >= 0.6 is 0 Å². The van der Waals surface area contributed by atoms with E-state index in [0.29, 0.717) is 96.0 Å². The van der Waals surface area contributed by atoms with Gasteiger partial charge in [-0.05, 0) is 64.2 Å². The van der Waals surface area contributed by atoms with Gasteiger partial charge in [-0.3, -0.25) is 23.9 Å². The topological polar surface area (TPSA) is 117 Å². The average Bonchev–Trinajstić information content (AvgIpc) is 3.31. The van der Waals surface area contributed by atoms with E-state index in [0.717, 1.165) is 30.5 Å². The Balaban J connectivity index is 1.46. The van der Waals surface area contributed by atoms with Gasteiger partial charge in [-0.2, -0.15) is 5.10 Å². The van der Waals surface area contributed by atoms with Crippen LogP contribution in [0.3, 0.4) is 0 Å². The Morgan fingerprint density at radius 3 is 2.48 bits per heavy atom. The van der Waals surface area contributed by atoms with Crippen LogP contribution in [0.1, 0.15) is 87.5 Å². The van der Waals surface area contributed by atoms with Gasteiger partial charge in [-0.15, -0.1) is 0 Å². The lowest BCUT2D eigenvalue weighted by molar-refractivity contribution is -0.143. The summed E-state index contributed by atoms with van der Waals surface area (Å²) in [5, 5.41) is 7.61. The molecule has 1 N–H and O–H groups in total. The average molecular weight is 587 g/mol. The van der Waals surface area contributed by atoms with Crippen molar-refractivity contribution in [2.24, 2.45) is 18.9 Å². The van der Waals surface area contributed by atoms with Crippen LogP contribution in [-0.2, 0) is 39.0 Å². The van der Waals surface area contributed by atoms with Gasteiger partial charge in [0.1, 0.15) is 6.61 Å². The molecule has 4 rings (SSSR count). The molecular formula is C31H50N6O5. The number of fused-ring (bicyclic) bond motifs is 1. The summed E-state index contributed by atoms with van der Waals surface area (Å²) < 4.78 is 7.08. The van der Waals surface area contributed by atoms with Gasteiger partial charge in [0.25, 0.3) is 5.91 Å². The van der Waals surface area contributed by atoms with E-state index in [-0.39, 0.29) is 42.2 Å². The van der Waals surface area contributed by atoms with Crippen molar-refractivity contribution in [3.05, 3.63) is 17.0 Å². The molecule has 0 aromatic carbocycles. The third kappa shape index (κ3) is 7.90. The molecule has 234 valence electrons. The summed E-state index contributed by atoms with van der Waals surface area (Å²) in [6.07, 6.45) is 6.09. The summed E-state index contributed by atoms with van der Waals surface area (Å²) in [4.78, 5) is 58.6. The van der Waals surface area contributed by atoms with Crippen molar-refractivity contribution in [3.8, 4) is 0 Å². The van der Waals surface area contributed by atoms with Gasteiger partial charge >= 0.3 is 0 Å². The molecule has 1 saturated heterocycles. The maximum Gasteiger partial charge on any atom is 0.272 e. The second-order valence-corrected chi connectivity index (χ2v) is 12.4. The van der Waals surface area contributed by atoms with Gasteiger partial charge in [0.05, 0.1) is 0 Å². The van der Waals surface area contributed by atoms with Crippen LogP contribution in [0, 0.1) is 11.8 Å². The summed E-state index contributed by atoms with van der Waals surface area (Å²) in [6.45, 7) is 10.0. The molecule has 1 fully saturated rings. The van der Waals surface area contributed by atoms with Gasteiger partial charge in [0.15, 0.2) is 5.69 Å². The van der Waals surface area contributed by atoms with Crippen LogP contribution in [0.2, 0.25) is 0 Å². The zero-order valence-corrected chi connectivity index (χ0v) is 26.0. The number of rotatable bonds is 7. The minimum atomic E-state index is -0.190. The van der Waals surface area contributed by atoms with Crippen molar-refractivity contribution in [2.45, 2.75) is 84.6 Å². The third-order valence-corrected chi connectivity index (χ3v) is 9.00. The smallest absolute Gasteiger partial charge is 0.272 e. The van der Waals surface area contributed by atoms with Crippen molar-refractivity contribution < 1.29 is 23.9 Å². The number of carbonyl (C=O) groups excluding carboxylic acids is 4. The van der Waals surface area contributed by atoms with E-state index in [1.54, 1.807) is 4.90 Å². The zero-order valence-electron chi connectivity index (χ0n) is 26.0. The molecule has 1 aromatic heterocycles. The van der Waals surface area contributed by atoms with E-state index in [1.807, 2.05) is 28.5 Å². The first-order valence-corrected chi connectivity index (χ1v) is 16.0. The number of ether oxygens (including phenoxy) is 1. The Morgan fingerprint density at radius 1 is 1.02 bits per heavy atom. The van der Waals surface area contributed by atoms with Gasteiger partial charge in [0, 0.05) is 82.6 Å². The number of aromatic nitrogens is 2. The van der Waals surface area contributed by atoms with Gasteiger partial charge in [-0.25, -0.2) is 0 Å². The van der Waals surface area contributed by atoms with Crippen LogP contribution in [-0.4, -0.2) is 107 Å². The molecule has 11 nitrogen and oxygen atoms in total. The molecule has 1 unspecified atom stereocenters. The van der Waals surface area contributed by atoms with Crippen LogP contribution in [0.25, 0.3) is 0 Å². The first-order chi connectivity index (χ1) is 20.2. The van der Waals surface area contributed by atoms with Gasteiger partial charge in [0.2, 0.25) is 17.7 Å². The van der Waals surface area contributed by atoms with E-state index in [4.69, 9.17) is 4.74 Å². The number of carbonyl (C=O) groups is 4. The Labute approximate surface area is 250 Å². The number of piperidine rings is 1. The molecule has 0 spiro atoms. The van der Waals surface area contributed by atoms with Gasteiger partial charge < -0.3 is 24.8 Å². The summed E-state index contributed by atoms with van der Waals surface area (Å²) in [5.41, 5.74) is 2.51. The number of nitrogens with zero attached hydrogens (tertiary/aromatic N) is 5. The Hall–Kier alpha value is -2.95. The molecule has 1 aromatic rings. The summed E-state index contributed by atoms with van der Waals surface area (Å²) in [7, 11) is 1.89. The monoisotopic (exact) mass is 586 g/mol. The highest BCUT2D eigenvalue weighted by Gasteiger charge is 2.34. The summed E-state index contributed by atoms with van der Waals surface area (Å²) >= 11 is 0. The molecule has 0 saturated carbocycles. The van der Waals surface area contributed by atoms with Gasteiger partial charge in [-0.1, -0.05) is 13.8 Å². The zero-order chi connectivity index (χ0) is 30.2. The van der Waals surface area contributed by atoms with Crippen LogP contribution in [0.15, 0.2) is 0 Å². The first kappa shape index (κ1) is 32.0. The lowest BCUT2D eigenvalue weighted by Crippen LogP contribution is -2.46. The lowest BCUT2D eigenvalue weighted by Gasteiger charge is -2.36. The van der Waals surface area contributed by atoms with E-state index in [1.165, 1.54) is 0 Å². The second-order valence-electron chi connectivity index (χ2n) is 12.4. The second kappa shape index (κ2) is 15.0. The number of nitrogens with one attached hydrogen (secondary N) is 1. The number of hydrogen-bond donors (Lipinski definition) is 1. The predicted octanol–water partition coefficient (Wildman–Crippen LogP) is 2.17. The van der Waals surface area contributed by atoms with Crippen molar-refractivity contribution in [1.29, 1.82) is 0 Å². The fraction of sp³-hybridized carbons (Fsp3) is 0.774. The highest BCUT2D eigenvalue weighted by molar-refractivity contribution is 5.94. The maximum absolute atomic E-state index is 13.7. The fourth-order valence-electron chi connectivity index (χ4n) is 6.49. The normalized spacial score (nSPS) is 21.3. The van der Waals surface area contributed by atoms with Crippen LogP contribution in [0.5, 0.6) is 0 Å². The van der Waals surface area contributed by atoms with Crippen molar-refractivity contribution in [1.82, 2.24) is 29.8 Å². The molecule has 1 atom stereocenters. The molecule has 1 aliphatic carbocycles. The maximum atomic E-state index is 13.7. The number of amides is 4. The van der Waals surface area contributed by atoms with E-state index in [9.17, 15) is 19.2 Å². The quantitative estimate of drug-likeness (QED) is 0.524. The minimum absolute atomic E-state index is 0.0290. The molecule has 2 bridgehead atoms. The molecule has 11 heteroatoms. The fourth-order valence-corrected chi connectivity index (χ4v) is 6.49. The van der Waals surface area contributed by atoms with Crippen LogP contribution in [0.4, 0.5) is 0 Å². The Bertz CT molecular complexity index is 1110. The molecule has 4 amide bonds. The lowest BCUT2D eigenvalue weighted by atomic mass is 9.89. The number of likely N-dealkylation sites (tertiary alicyclic amines) is 1. The highest BCUT2D eigenvalue weighted by Crippen LogP contribution is 2.29. The molecule has 42 heavy (non-hydrogen) atoms. The van der Waals surface area contributed by atoms with E-state index >= 15 is 0 Å². The largest absolute Gasteiger partial charge is 0.372 e. The molecule has 3 heterocycles. The predicted molar refractivity (Wildman–Crippen MR) is 159 cm³/mol. The first-order valence-electron chi connectivity index (χ1n) is 16.0. The SMILES string of the molecule is CCOCC(=O)N1CCC(C(=O)N2CCCNC(=O)c3nn(C)c4c3CC(CC4)N(CCC(C)C)C(=O)CCC2)CC1. The molecule has 3 aliphatic rings. The van der Waals surface area contributed by atoms with Crippen molar-refractivity contribution >= 4 is 23.6 Å².